The highest BCUT2D eigenvalue weighted by Gasteiger charge is 2.56. The van der Waals surface area contributed by atoms with Crippen LogP contribution in [0.25, 0.3) is 0 Å². The number of hydrogen-bond donors (Lipinski definition) is 0. The molecule has 0 heteroatoms. The topological polar surface area (TPSA) is 0 Å². The molecule has 0 heterocycles. The van der Waals surface area contributed by atoms with Gasteiger partial charge in [0, 0.05) is 0 Å². The Morgan fingerprint density at radius 3 is 2.36 bits per heavy atom. The van der Waals surface area contributed by atoms with Crippen LogP contribution in [0, 0.1) is 29.1 Å². The fraction of sp³-hybridized carbons (Fsp3) is 1.00. The van der Waals surface area contributed by atoms with Gasteiger partial charge in [-0.3, -0.25) is 0 Å². The summed E-state index contributed by atoms with van der Waals surface area (Å²) in [6.07, 6.45) is 7.38. The Kier molecular flexibility index (Phi) is 2.66. The van der Waals surface area contributed by atoms with Gasteiger partial charge in [-0.2, -0.15) is 0 Å². The van der Waals surface area contributed by atoms with Gasteiger partial charge in [-0.1, -0.05) is 47.0 Å². The summed E-state index contributed by atoms with van der Waals surface area (Å²) in [4.78, 5) is 0. The van der Waals surface area contributed by atoms with E-state index in [1.807, 2.05) is 0 Å². The summed E-state index contributed by atoms with van der Waals surface area (Å²) in [5, 5.41) is 0. The predicted octanol–water partition coefficient (Wildman–Crippen LogP) is 4.49. The molecule has 0 aromatic rings. The van der Waals surface area contributed by atoms with Crippen LogP contribution < -0.4 is 0 Å². The molecule has 14 heavy (non-hydrogen) atoms. The molecule has 0 aromatic carbocycles. The van der Waals surface area contributed by atoms with Gasteiger partial charge in [-0.15, -0.1) is 0 Å². The Morgan fingerprint density at radius 2 is 1.86 bits per heavy atom. The first-order valence-corrected chi connectivity index (χ1v) is 6.61. The Morgan fingerprint density at radius 1 is 1.14 bits per heavy atom. The zero-order valence-electron chi connectivity index (χ0n) is 10.3. The van der Waals surface area contributed by atoms with Gasteiger partial charge in [-0.05, 0) is 41.9 Å². The highest BCUT2D eigenvalue weighted by molar-refractivity contribution is 5.05. The van der Waals surface area contributed by atoms with Gasteiger partial charge in [0.05, 0.1) is 0 Å². The van der Waals surface area contributed by atoms with Crippen molar-refractivity contribution in [1.29, 1.82) is 0 Å². The maximum atomic E-state index is 2.51. The SMILES string of the molecule is CCCC1C(CC)CC2CC1C2(C)C. The van der Waals surface area contributed by atoms with Gasteiger partial charge in [0.2, 0.25) is 0 Å². The molecule has 0 saturated heterocycles. The van der Waals surface area contributed by atoms with Gasteiger partial charge >= 0.3 is 0 Å². The van der Waals surface area contributed by atoms with Crippen molar-refractivity contribution in [3.05, 3.63) is 0 Å². The van der Waals surface area contributed by atoms with Crippen molar-refractivity contribution in [3.8, 4) is 0 Å². The van der Waals surface area contributed by atoms with Gasteiger partial charge in [0.25, 0.3) is 0 Å². The van der Waals surface area contributed by atoms with Crippen molar-refractivity contribution in [1.82, 2.24) is 0 Å². The van der Waals surface area contributed by atoms with Crippen LogP contribution in [0.5, 0.6) is 0 Å². The molecule has 82 valence electrons. The lowest BCUT2D eigenvalue weighted by atomic mass is 9.42. The molecule has 0 amide bonds. The monoisotopic (exact) mass is 194 g/mol. The van der Waals surface area contributed by atoms with Gasteiger partial charge in [0.15, 0.2) is 0 Å². The normalized spacial score (nSPS) is 44.6. The van der Waals surface area contributed by atoms with Gasteiger partial charge < -0.3 is 0 Å². The highest BCUT2D eigenvalue weighted by atomic mass is 14.6. The van der Waals surface area contributed by atoms with E-state index >= 15 is 0 Å². The van der Waals surface area contributed by atoms with E-state index in [0.29, 0.717) is 5.41 Å². The lowest BCUT2D eigenvalue weighted by Gasteiger charge is -2.63. The van der Waals surface area contributed by atoms with Crippen LogP contribution in [0.3, 0.4) is 0 Å². The molecule has 3 fully saturated rings. The second-order valence-electron chi connectivity index (χ2n) is 6.22. The molecule has 4 unspecified atom stereocenters. The third kappa shape index (κ3) is 1.33. The molecule has 0 aromatic heterocycles. The van der Waals surface area contributed by atoms with Gasteiger partial charge in [0.1, 0.15) is 0 Å². The van der Waals surface area contributed by atoms with Crippen LogP contribution in [-0.2, 0) is 0 Å². The molecule has 0 aliphatic heterocycles. The molecule has 0 nitrogen and oxygen atoms in total. The second kappa shape index (κ2) is 3.54. The maximum absolute atomic E-state index is 2.51. The first kappa shape index (κ1) is 10.5. The van der Waals surface area contributed by atoms with E-state index in [9.17, 15) is 0 Å². The maximum Gasteiger partial charge on any atom is -0.0295 e. The van der Waals surface area contributed by atoms with E-state index in [1.54, 1.807) is 6.42 Å². The van der Waals surface area contributed by atoms with Gasteiger partial charge in [-0.25, -0.2) is 0 Å². The second-order valence-corrected chi connectivity index (χ2v) is 6.22. The summed E-state index contributed by atoms with van der Waals surface area (Å²) in [6, 6.07) is 0. The van der Waals surface area contributed by atoms with Crippen molar-refractivity contribution >= 4 is 0 Å². The van der Waals surface area contributed by atoms with E-state index < -0.39 is 0 Å². The molecular formula is C14H26. The van der Waals surface area contributed by atoms with E-state index in [1.165, 1.54) is 25.7 Å². The predicted molar refractivity (Wildman–Crippen MR) is 62.2 cm³/mol. The van der Waals surface area contributed by atoms with Crippen LogP contribution in [0.1, 0.15) is 59.8 Å². The number of fused-ring (bicyclic) bond motifs is 2. The quantitative estimate of drug-likeness (QED) is 0.621. The first-order valence-electron chi connectivity index (χ1n) is 6.61. The van der Waals surface area contributed by atoms with Crippen LogP contribution in [0.15, 0.2) is 0 Å². The molecule has 3 aliphatic carbocycles. The van der Waals surface area contributed by atoms with E-state index in [2.05, 4.69) is 27.7 Å². The highest BCUT2D eigenvalue weighted by Crippen LogP contribution is 2.64. The average molecular weight is 194 g/mol. The molecule has 3 aliphatic rings. The minimum Gasteiger partial charge on any atom is -0.0654 e. The minimum absolute atomic E-state index is 0.686. The molecule has 4 atom stereocenters. The van der Waals surface area contributed by atoms with Crippen LogP contribution in [0.4, 0.5) is 0 Å². The van der Waals surface area contributed by atoms with E-state index in [-0.39, 0.29) is 0 Å². The molecule has 0 radical (unpaired) electrons. The Hall–Kier alpha value is 0. The standard InChI is InChI=1S/C14H26/c1-5-7-12-10(6-2)8-11-9-13(12)14(11,3)4/h10-13H,5-9H2,1-4H3. The Balaban J connectivity index is 2.09. The minimum atomic E-state index is 0.686. The summed E-state index contributed by atoms with van der Waals surface area (Å²) < 4.78 is 0. The largest absolute Gasteiger partial charge is 0.0654 e. The lowest BCUT2D eigenvalue weighted by molar-refractivity contribution is -0.137. The smallest absolute Gasteiger partial charge is 0.0295 e. The summed E-state index contributed by atoms with van der Waals surface area (Å²) in [7, 11) is 0. The van der Waals surface area contributed by atoms with Crippen LogP contribution in [0.2, 0.25) is 0 Å². The van der Waals surface area contributed by atoms with E-state index in [0.717, 1.165) is 23.7 Å². The molecule has 2 bridgehead atoms. The molecule has 0 N–H and O–H groups in total. The zero-order valence-corrected chi connectivity index (χ0v) is 10.3. The lowest BCUT2D eigenvalue weighted by Crippen LogP contribution is -2.55. The van der Waals surface area contributed by atoms with Crippen molar-refractivity contribution in [3.63, 3.8) is 0 Å². The van der Waals surface area contributed by atoms with Crippen molar-refractivity contribution < 1.29 is 0 Å². The summed E-state index contributed by atoms with van der Waals surface area (Å²) in [5.74, 6) is 4.24. The van der Waals surface area contributed by atoms with E-state index in [4.69, 9.17) is 0 Å². The number of rotatable bonds is 3. The Bertz CT molecular complexity index is 204. The summed E-state index contributed by atoms with van der Waals surface area (Å²) in [5.41, 5.74) is 0.686. The molecule has 3 saturated carbocycles. The molecular weight excluding hydrogens is 168 g/mol. The van der Waals surface area contributed by atoms with Crippen LogP contribution >= 0.6 is 0 Å². The average Bonchev–Trinajstić information content (AvgIpc) is 2.18. The third-order valence-corrected chi connectivity index (χ3v) is 5.40. The summed E-state index contributed by atoms with van der Waals surface area (Å²) in [6.45, 7) is 9.77. The molecule has 0 spiro atoms. The third-order valence-electron chi connectivity index (χ3n) is 5.40. The molecule has 3 rings (SSSR count). The number of hydrogen-bond acceptors (Lipinski definition) is 0. The van der Waals surface area contributed by atoms with Crippen molar-refractivity contribution in [2.45, 2.75) is 59.8 Å². The first-order chi connectivity index (χ1) is 6.61. The fourth-order valence-electron chi connectivity index (χ4n) is 4.29. The van der Waals surface area contributed by atoms with Crippen molar-refractivity contribution in [2.75, 3.05) is 0 Å². The zero-order chi connectivity index (χ0) is 10.3. The fourth-order valence-corrected chi connectivity index (χ4v) is 4.29. The van der Waals surface area contributed by atoms with Crippen molar-refractivity contribution in [2.24, 2.45) is 29.1 Å². The summed E-state index contributed by atoms with van der Waals surface area (Å²) >= 11 is 0. The van der Waals surface area contributed by atoms with Crippen LogP contribution in [-0.4, -0.2) is 0 Å². The Labute approximate surface area is 89.5 Å².